The summed E-state index contributed by atoms with van der Waals surface area (Å²) in [7, 11) is 1.62. The minimum Gasteiger partial charge on any atom is -0.497 e. The van der Waals surface area contributed by atoms with Crippen LogP contribution < -0.4 is 10.5 Å². The van der Waals surface area contributed by atoms with Crippen LogP contribution in [0.5, 0.6) is 5.75 Å². The van der Waals surface area contributed by atoms with Crippen LogP contribution >= 0.6 is 11.6 Å². The summed E-state index contributed by atoms with van der Waals surface area (Å²) >= 11 is 5.91. The molecule has 21 heavy (non-hydrogen) atoms. The van der Waals surface area contributed by atoms with Crippen molar-refractivity contribution in [1.82, 2.24) is 5.16 Å². The average Bonchev–Trinajstić information content (AvgIpc) is 2.90. The fourth-order valence-electron chi connectivity index (χ4n) is 2.16. The van der Waals surface area contributed by atoms with Crippen molar-refractivity contribution in [2.45, 2.75) is 0 Å². The van der Waals surface area contributed by atoms with E-state index in [-0.39, 0.29) is 0 Å². The van der Waals surface area contributed by atoms with Gasteiger partial charge in [-0.3, -0.25) is 0 Å². The summed E-state index contributed by atoms with van der Waals surface area (Å²) in [4.78, 5) is 0. The molecule has 4 nitrogen and oxygen atoms in total. The van der Waals surface area contributed by atoms with E-state index in [1.165, 1.54) is 0 Å². The van der Waals surface area contributed by atoms with E-state index in [9.17, 15) is 0 Å². The predicted octanol–water partition coefficient (Wildman–Crippen LogP) is 4.25. The number of methoxy groups -OCH3 is 1. The van der Waals surface area contributed by atoms with Crippen LogP contribution in [0.15, 0.2) is 53.1 Å². The largest absolute Gasteiger partial charge is 0.497 e. The molecule has 3 rings (SSSR count). The smallest absolute Gasteiger partial charge is 0.176 e. The van der Waals surface area contributed by atoms with E-state index in [0.717, 1.165) is 22.4 Å². The Morgan fingerprint density at radius 1 is 1.10 bits per heavy atom. The van der Waals surface area contributed by atoms with Crippen molar-refractivity contribution < 1.29 is 9.26 Å². The summed E-state index contributed by atoms with van der Waals surface area (Å²) in [6.45, 7) is 0. The lowest BCUT2D eigenvalue weighted by molar-refractivity contribution is 0.415. The number of ether oxygens (including phenoxy) is 1. The molecule has 0 saturated heterocycles. The summed E-state index contributed by atoms with van der Waals surface area (Å²) in [5.74, 6) is 1.70. The third kappa shape index (κ3) is 2.58. The Balaban J connectivity index is 2.14. The average molecular weight is 301 g/mol. The number of aromatic nitrogens is 1. The number of rotatable bonds is 3. The summed E-state index contributed by atoms with van der Waals surface area (Å²) in [5.41, 5.74) is 8.46. The van der Waals surface area contributed by atoms with Crippen LogP contribution in [0.25, 0.3) is 22.5 Å². The Hall–Kier alpha value is -2.46. The third-order valence-corrected chi connectivity index (χ3v) is 3.44. The molecule has 0 spiro atoms. The summed E-state index contributed by atoms with van der Waals surface area (Å²) in [6, 6.07) is 14.9. The number of hydrogen-bond acceptors (Lipinski definition) is 4. The summed E-state index contributed by atoms with van der Waals surface area (Å²) in [5, 5.41) is 4.54. The van der Waals surface area contributed by atoms with Crippen LogP contribution in [0.1, 0.15) is 0 Å². The molecule has 0 radical (unpaired) electrons. The summed E-state index contributed by atoms with van der Waals surface area (Å²) < 4.78 is 10.6. The highest BCUT2D eigenvalue weighted by atomic mass is 35.5. The summed E-state index contributed by atoms with van der Waals surface area (Å²) in [6.07, 6.45) is 0. The van der Waals surface area contributed by atoms with Crippen molar-refractivity contribution in [3.8, 4) is 28.2 Å². The van der Waals surface area contributed by atoms with E-state index >= 15 is 0 Å². The zero-order valence-corrected chi connectivity index (χ0v) is 12.1. The van der Waals surface area contributed by atoms with Gasteiger partial charge in [0.05, 0.1) is 12.7 Å². The standard InChI is InChI=1S/C16H13ClN2O2/c1-20-13-4-2-3-11(9-13)14-15(21-19-16(14)18)10-5-7-12(17)8-6-10/h2-9H,1H3,(H2,18,19). The van der Waals surface area contributed by atoms with Gasteiger partial charge in [-0.2, -0.15) is 0 Å². The maximum absolute atomic E-state index is 5.96. The second-order valence-electron chi connectivity index (χ2n) is 4.51. The molecule has 0 atom stereocenters. The number of anilines is 1. The number of nitrogen functional groups attached to an aromatic ring is 1. The van der Waals surface area contributed by atoms with Gasteiger partial charge in [0, 0.05) is 10.6 Å². The van der Waals surface area contributed by atoms with Gasteiger partial charge in [-0.05, 0) is 42.0 Å². The Morgan fingerprint density at radius 2 is 1.86 bits per heavy atom. The molecule has 5 heteroatoms. The van der Waals surface area contributed by atoms with Crippen LogP contribution in [0.2, 0.25) is 5.02 Å². The normalized spacial score (nSPS) is 10.6. The number of halogens is 1. The first kappa shape index (κ1) is 13.5. The van der Waals surface area contributed by atoms with Crippen molar-refractivity contribution in [3.05, 3.63) is 53.6 Å². The molecule has 106 valence electrons. The highest BCUT2D eigenvalue weighted by Gasteiger charge is 2.18. The van der Waals surface area contributed by atoms with Gasteiger partial charge < -0.3 is 15.0 Å². The fraction of sp³-hybridized carbons (Fsp3) is 0.0625. The van der Waals surface area contributed by atoms with E-state index < -0.39 is 0 Å². The molecular weight excluding hydrogens is 288 g/mol. The molecule has 2 N–H and O–H groups in total. The lowest BCUT2D eigenvalue weighted by Gasteiger charge is -2.05. The van der Waals surface area contributed by atoms with E-state index in [1.54, 1.807) is 19.2 Å². The molecule has 0 bridgehead atoms. The maximum Gasteiger partial charge on any atom is 0.176 e. The van der Waals surface area contributed by atoms with Crippen molar-refractivity contribution in [2.75, 3.05) is 12.8 Å². The molecule has 0 aliphatic heterocycles. The lowest BCUT2D eigenvalue weighted by Crippen LogP contribution is -1.90. The fourth-order valence-corrected chi connectivity index (χ4v) is 2.28. The second kappa shape index (κ2) is 5.50. The number of benzene rings is 2. The van der Waals surface area contributed by atoms with Crippen LogP contribution in [-0.4, -0.2) is 12.3 Å². The van der Waals surface area contributed by atoms with Gasteiger partial charge in [-0.15, -0.1) is 0 Å². The Morgan fingerprint density at radius 3 is 2.57 bits per heavy atom. The molecule has 0 unspecified atom stereocenters. The van der Waals surface area contributed by atoms with Crippen molar-refractivity contribution >= 4 is 17.4 Å². The van der Waals surface area contributed by atoms with Gasteiger partial charge in [0.15, 0.2) is 11.6 Å². The van der Waals surface area contributed by atoms with Crippen LogP contribution in [0.4, 0.5) is 5.82 Å². The highest BCUT2D eigenvalue weighted by Crippen LogP contribution is 2.37. The quantitative estimate of drug-likeness (QED) is 0.785. The topological polar surface area (TPSA) is 61.3 Å². The molecular formula is C16H13ClN2O2. The number of nitrogens with two attached hydrogens (primary N) is 1. The molecule has 1 aromatic heterocycles. The Bertz CT molecular complexity index is 766. The van der Waals surface area contributed by atoms with E-state index in [4.69, 9.17) is 26.6 Å². The first-order valence-corrected chi connectivity index (χ1v) is 6.72. The zero-order valence-electron chi connectivity index (χ0n) is 11.3. The number of nitrogens with zero attached hydrogens (tertiary/aromatic N) is 1. The van der Waals surface area contributed by atoms with Gasteiger partial charge in [-0.25, -0.2) is 0 Å². The molecule has 0 fully saturated rings. The molecule has 0 amide bonds. The number of hydrogen-bond donors (Lipinski definition) is 1. The SMILES string of the molecule is COc1cccc(-c2c(N)noc2-c2ccc(Cl)cc2)c1. The van der Waals surface area contributed by atoms with E-state index in [0.29, 0.717) is 16.6 Å². The molecule has 0 aliphatic rings. The lowest BCUT2D eigenvalue weighted by atomic mass is 10.0. The Labute approximate surface area is 127 Å². The minimum absolute atomic E-state index is 0.341. The van der Waals surface area contributed by atoms with Gasteiger partial charge in [0.1, 0.15) is 5.75 Å². The molecule has 3 aromatic rings. The molecule has 2 aromatic carbocycles. The predicted molar refractivity (Wildman–Crippen MR) is 83.3 cm³/mol. The van der Waals surface area contributed by atoms with Gasteiger partial charge in [0.2, 0.25) is 0 Å². The Kier molecular flexibility index (Phi) is 3.54. The minimum atomic E-state index is 0.341. The monoisotopic (exact) mass is 300 g/mol. The van der Waals surface area contributed by atoms with Gasteiger partial charge in [-0.1, -0.05) is 28.9 Å². The van der Waals surface area contributed by atoms with Crippen molar-refractivity contribution in [1.29, 1.82) is 0 Å². The van der Waals surface area contributed by atoms with Gasteiger partial charge >= 0.3 is 0 Å². The van der Waals surface area contributed by atoms with Crippen molar-refractivity contribution in [2.24, 2.45) is 0 Å². The van der Waals surface area contributed by atoms with Gasteiger partial charge in [0.25, 0.3) is 0 Å². The zero-order chi connectivity index (χ0) is 14.8. The first-order valence-electron chi connectivity index (χ1n) is 6.34. The van der Waals surface area contributed by atoms with E-state index in [2.05, 4.69) is 5.16 Å². The first-order chi connectivity index (χ1) is 10.2. The highest BCUT2D eigenvalue weighted by molar-refractivity contribution is 6.30. The molecule has 1 heterocycles. The van der Waals surface area contributed by atoms with E-state index in [1.807, 2.05) is 36.4 Å². The molecule has 0 aliphatic carbocycles. The maximum atomic E-state index is 5.96. The molecule has 0 saturated carbocycles. The van der Waals surface area contributed by atoms with Crippen LogP contribution in [-0.2, 0) is 0 Å². The third-order valence-electron chi connectivity index (χ3n) is 3.18. The van der Waals surface area contributed by atoms with Crippen LogP contribution in [0, 0.1) is 0 Å². The second-order valence-corrected chi connectivity index (χ2v) is 4.95. The van der Waals surface area contributed by atoms with Crippen molar-refractivity contribution in [3.63, 3.8) is 0 Å². The van der Waals surface area contributed by atoms with Crippen LogP contribution in [0.3, 0.4) is 0 Å².